The summed E-state index contributed by atoms with van der Waals surface area (Å²) in [5.41, 5.74) is 2.13. The molecule has 1 aromatic heterocycles. The summed E-state index contributed by atoms with van der Waals surface area (Å²) >= 11 is 9.55. The van der Waals surface area contributed by atoms with Crippen molar-refractivity contribution in [3.63, 3.8) is 0 Å². The molecule has 1 heterocycles. The van der Waals surface area contributed by atoms with Crippen molar-refractivity contribution in [1.82, 2.24) is 4.57 Å². The number of benzene rings is 1. The number of nitrogens with zero attached hydrogens (tertiary/aromatic N) is 1. The highest BCUT2D eigenvalue weighted by Gasteiger charge is 2.10. The number of anilines is 1. The van der Waals surface area contributed by atoms with Gasteiger partial charge in [0, 0.05) is 23.5 Å². The maximum absolute atomic E-state index is 6.09. The normalized spacial score (nSPS) is 10.6. The first kappa shape index (κ1) is 15.3. The van der Waals surface area contributed by atoms with Crippen LogP contribution < -0.4 is 10.1 Å². The molecule has 0 aliphatic heterocycles. The van der Waals surface area contributed by atoms with Crippen molar-refractivity contribution in [3.05, 3.63) is 45.7 Å². The molecule has 0 radical (unpaired) electrons. The lowest BCUT2D eigenvalue weighted by Gasteiger charge is -2.14. The number of methoxy groups -OCH3 is 1. The quantitative estimate of drug-likeness (QED) is 0.793. The van der Waals surface area contributed by atoms with Gasteiger partial charge in [0.1, 0.15) is 0 Å². The van der Waals surface area contributed by atoms with E-state index in [1.54, 1.807) is 7.11 Å². The Kier molecular flexibility index (Phi) is 5.38. The lowest BCUT2D eigenvalue weighted by Crippen LogP contribution is -2.07. The second-order valence-electron chi connectivity index (χ2n) is 4.51. The van der Waals surface area contributed by atoms with Gasteiger partial charge in [0.2, 0.25) is 0 Å². The fraction of sp³-hybridized carbons (Fsp3) is 0.333. The van der Waals surface area contributed by atoms with Crippen LogP contribution in [-0.4, -0.2) is 11.7 Å². The Labute approximate surface area is 133 Å². The molecule has 0 aliphatic carbocycles. The average molecular weight is 358 g/mol. The first-order chi connectivity index (χ1) is 9.65. The maximum atomic E-state index is 6.09. The third-order valence-corrected chi connectivity index (χ3v) is 3.87. The number of ether oxygens (including phenoxy) is 1. The van der Waals surface area contributed by atoms with Crippen molar-refractivity contribution >= 4 is 33.2 Å². The summed E-state index contributed by atoms with van der Waals surface area (Å²) < 4.78 is 8.50. The van der Waals surface area contributed by atoms with Crippen molar-refractivity contribution in [3.8, 4) is 5.75 Å². The maximum Gasteiger partial charge on any atom is 0.156 e. The van der Waals surface area contributed by atoms with Crippen LogP contribution in [0.25, 0.3) is 0 Å². The van der Waals surface area contributed by atoms with Gasteiger partial charge < -0.3 is 14.6 Å². The molecule has 20 heavy (non-hydrogen) atoms. The number of aryl methyl sites for hydroxylation is 1. The first-order valence-corrected chi connectivity index (χ1v) is 7.73. The summed E-state index contributed by atoms with van der Waals surface area (Å²) in [6.07, 6.45) is 3.22. The van der Waals surface area contributed by atoms with Crippen LogP contribution in [-0.2, 0) is 13.1 Å². The van der Waals surface area contributed by atoms with Crippen LogP contribution in [0.2, 0.25) is 5.02 Å². The SMILES string of the molecule is CCCn1cccc1CNc1cc(Cl)cc(Br)c1OC. The number of hydrogen-bond acceptors (Lipinski definition) is 2. The molecular formula is C15H18BrClN2O. The Balaban J connectivity index is 2.16. The van der Waals surface area contributed by atoms with Crippen molar-refractivity contribution in [1.29, 1.82) is 0 Å². The molecule has 5 heteroatoms. The predicted octanol–water partition coefficient (Wildman–Crippen LogP) is 4.93. The molecular weight excluding hydrogens is 340 g/mol. The lowest BCUT2D eigenvalue weighted by molar-refractivity contribution is 0.414. The molecule has 1 aromatic carbocycles. The standard InChI is InChI=1S/C15H18BrClN2O/c1-3-6-19-7-4-5-12(19)10-18-14-9-11(17)8-13(16)15(14)20-2/h4-5,7-9,18H,3,6,10H2,1-2H3. The highest BCUT2D eigenvalue weighted by atomic mass is 79.9. The number of rotatable bonds is 6. The first-order valence-electron chi connectivity index (χ1n) is 6.56. The molecule has 2 aromatic rings. The molecule has 0 saturated heterocycles. The minimum absolute atomic E-state index is 0.670. The highest BCUT2D eigenvalue weighted by Crippen LogP contribution is 2.36. The largest absolute Gasteiger partial charge is 0.493 e. The second kappa shape index (κ2) is 7.04. The Morgan fingerprint density at radius 3 is 2.90 bits per heavy atom. The smallest absolute Gasteiger partial charge is 0.156 e. The third kappa shape index (κ3) is 3.49. The zero-order valence-corrected chi connectivity index (χ0v) is 14.0. The fourth-order valence-corrected chi connectivity index (χ4v) is 3.13. The predicted molar refractivity (Wildman–Crippen MR) is 87.8 cm³/mol. The van der Waals surface area contributed by atoms with Crippen LogP contribution in [0.4, 0.5) is 5.69 Å². The van der Waals surface area contributed by atoms with Crippen molar-refractivity contribution in [2.45, 2.75) is 26.4 Å². The van der Waals surface area contributed by atoms with E-state index in [1.807, 2.05) is 12.1 Å². The van der Waals surface area contributed by atoms with Crippen LogP contribution in [0.5, 0.6) is 5.75 Å². The van der Waals surface area contributed by atoms with Gasteiger partial charge in [0.15, 0.2) is 5.75 Å². The summed E-state index contributed by atoms with van der Waals surface area (Å²) in [5.74, 6) is 0.767. The van der Waals surface area contributed by atoms with Gasteiger partial charge in [-0.2, -0.15) is 0 Å². The minimum Gasteiger partial charge on any atom is -0.493 e. The molecule has 0 fully saturated rings. The average Bonchev–Trinajstić information content (AvgIpc) is 2.84. The molecule has 0 unspecified atom stereocenters. The van der Waals surface area contributed by atoms with E-state index in [-0.39, 0.29) is 0 Å². The molecule has 0 atom stereocenters. The topological polar surface area (TPSA) is 26.2 Å². The van der Waals surface area contributed by atoms with E-state index < -0.39 is 0 Å². The zero-order valence-electron chi connectivity index (χ0n) is 11.6. The lowest BCUT2D eigenvalue weighted by atomic mass is 10.2. The summed E-state index contributed by atoms with van der Waals surface area (Å²) in [6.45, 7) is 3.94. The van der Waals surface area contributed by atoms with Crippen molar-refractivity contribution in [2.24, 2.45) is 0 Å². The second-order valence-corrected chi connectivity index (χ2v) is 5.81. The molecule has 108 valence electrons. The van der Waals surface area contributed by atoms with E-state index in [9.17, 15) is 0 Å². The summed E-state index contributed by atoms with van der Waals surface area (Å²) in [5, 5.41) is 4.06. The number of halogens is 2. The summed E-state index contributed by atoms with van der Waals surface area (Å²) in [7, 11) is 1.65. The molecule has 0 aliphatic rings. The van der Waals surface area contributed by atoms with Gasteiger partial charge in [0.05, 0.1) is 23.8 Å². The van der Waals surface area contributed by atoms with Crippen molar-refractivity contribution < 1.29 is 4.74 Å². The molecule has 2 rings (SSSR count). The number of nitrogens with one attached hydrogen (secondary N) is 1. The summed E-state index contributed by atoms with van der Waals surface area (Å²) in [6, 6.07) is 7.89. The monoisotopic (exact) mass is 356 g/mol. The van der Waals surface area contributed by atoms with Gasteiger partial charge in [0.25, 0.3) is 0 Å². The van der Waals surface area contributed by atoms with Crippen LogP contribution in [0, 0.1) is 0 Å². The number of hydrogen-bond donors (Lipinski definition) is 1. The molecule has 1 N–H and O–H groups in total. The van der Waals surface area contributed by atoms with Gasteiger partial charge in [-0.1, -0.05) is 18.5 Å². The van der Waals surface area contributed by atoms with E-state index >= 15 is 0 Å². The molecule has 3 nitrogen and oxygen atoms in total. The van der Waals surface area contributed by atoms with E-state index in [2.05, 4.69) is 51.1 Å². The molecule has 0 saturated carbocycles. The minimum atomic E-state index is 0.670. The Hall–Kier alpha value is -1.13. The Morgan fingerprint density at radius 1 is 1.40 bits per heavy atom. The summed E-state index contributed by atoms with van der Waals surface area (Å²) in [4.78, 5) is 0. The van der Waals surface area contributed by atoms with Crippen LogP contribution in [0.1, 0.15) is 19.0 Å². The van der Waals surface area contributed by atoms with E-state index in [1.165, 1.54) is 5.69 Å². The van der Waals surface area contributed by atoms with E-state index in [0.29, 0.717) is 5.02 Å². The van der Waals surface area contributed by atoms with E-state index in [0.717, 1.165) is 35.4 Å². The van der Waals surface area contributed by atoms with E-state index in [4.69, 9.17) is 16.3 Å². The van der Waals surface area contributed by atoms with Crippen LogP contribution in [0.15, 0.2) is 34.9 Å². The zero-order chi connectivity index (χ0) is 14.5. The Morgan fingerprint density at radius 2 is 2.20 bits per heavy atom. The van der Waals surface area contributed by atoms with Gasteiger partial charge in [-0.3, -0.25) is 0 Å². The van der Waals surface area contributed by atoms with Crippen LogP contribution >= 0.6 is 27.5 Å². The molecule has 0 bridgehead atoms. The van der Waals surface area contributed by atoms with Gasteiger partial charge >= 0.3 is 0 Å². The van der Waals surface area contributed by atoms with Crippen molar-refractivity contribution in [2.75, 3.05) is 12.4 Å². The number of aromatic nitrogens is 1. The third-order valence-electron chi connectivity index (χ3n) is 3.06. The van der Waals surface area contributed by atoms with Gasteiger partial charge in [-0.25, -0.2) is 0 Å². The molecule has 0 amide bonds. The van der Waals surface area contributed by atoms with Gasteiger partial charge in [-0.15, -0.1) is 0 Å². The van der Waals surface area contributed by atoms with Gasteiger partial charge in [-0.05, 0) is 46.6 Å². The highest BCUT2D eigenvalue weighted by molar-refractivity contribution is 9.10. The van der Waals surface area contributed by atoms with Crippen LogP contribution in [0.3, 0.4) is 0 Å². The fourth-order valence-electron chi connectivity index (χ4n) is 2.15. The Bertz CT molecular complexity index is 583. The molecule has 0 spiro atoms.